The summed E-state index contributed by atoms with van der Waals surface area (Å²) in [6, 6.07) is 1.91. The summed E-state index contributed by atoms with van der Waals surface area (Å²) in [5.41, 5.74) is 0. The molecule has 2 amide bonds. The maximum atomic E-state index is 12.2. The Balaban J connectivity index is 1.88. The van der Waals surface area contributed by atoms with Crippen LogP contribution in [0.3, 0.4) is 0 Å². The first-order chi connectivity index (χ1) is 10.2. The van der Waals surface area contributed by atoms with Crippen molar-refractivity contribution in [1.29, 1.82) is 5.26 Å². The van der Waals surface area contributed by atoms with Gasteiger partial charge in [-0.1, -0.05) is 19.3 Å². The number of hydrogen-bond acceptors (Lipinski definition) is 4. The molecule has 0 radical (unpaired) electrons. The van der Waals surface area contributed by atoms with Crippen LogP contribution in [0, 0.1) is 23.2 Å². The van der Waals surface area contributed by atoms with Gasteiger partial charge in [0.05, 0.1) is 12.0 Å². The van der Waals surface area contributed by atoms with Crippen molar-refractivity contribution >= 4 is 12.0 Å². The number of carbonyl (C=O) groups excluding carboxylic acids is 2. The second-order valence-electron chi connectivity index (χ2n) is 5.80. The van der Waals surface area contributed by atoms with Gasteiger partial charge in [0.2, 0.25) is 5.91 Å². The fourth-order valence-corrected chi connectivity index (χ4v) is 2.97. The Kier molecular flexibility index (Phi) is 5.85. The maximum Gasteiger partial charge on any atom is 0.409 e. The first-order valence-electron chi connectivity index (χ1n) is 7.78. The standard InChI is InChI=1S/C15H23N3O3/c16-7-8-17-14(19)13(12-5-2-1-3-6-12)11-21-15(20)18-9-4-10-18/h12-13H,1-6,8-11H2,(H,17,19). The third kappa shape index (κ3) is 4.35. The molecular formula is C15H23N3O3. The van der Waals surface area contributed by atoms with E-state index in [1.165, 1.54) is 6.42 Å². The number of nitrogens with zero attached hydrogens (tertiary/aromatic N) is 2. The number of nitriles is 1. The summed E-state index contributed by atoms with van der Waals surface area (Å²) in [7, 11) is 0. The van der Waals surface area contributed by atoms with Gasteiger partial charge in [-0.25, -0.2) is 4.79 Å². The molecule has 1 atom stereocenters. The Hall–Kier alpha value is -1.77. The first-order valence-corrected chi connectivity index (χ1v) is 7.78. The Bertz CT molecular complexity index is 409. The third-order valence-corrected chi connectivity index (χ3v) is 4.40. The van der Waals surface area contributed by atoms with Crippen LogP contribution in [0.2, 0.25) is 0 Å². The van der Waals surface area contributed by atoms with Gasteiger partial charge in [-0.2, -0.15) is 5.26 Å². The Morgan fingerprint density at radius 1 is 1.24 bits per heavy atom. The largest absolute Gasteiger partial charge is 0.449 e. The highest BCUT2D eigenvalue weighted by molar-refractivity contribution is 5.79. The molecule has 1 aliphatic heterocycles. The molecule has 0 aromatic rings. The summed E-state index contributed by atoms with van der Waals surface area (Å²) in [5.74, 6) is -0.245. The number of ether oxygens (including phenoxy) is 1. The molecule has 2 aliphatic rings. The summed E-state index contributed by atoms with van der Waals surface area (Å²) in [5, 5.41) is 11.2. The van der Waals surface area contributed by atoms with E-state index in [-0.39, 0.29) is 37.0 Å². The molecule has 0 bridgehead atoms. The molecule has 1 heterocycles. The van der Waals surface area contributed by atoms with Crippen LogP contribution < -0.4 is 5.32 Å². The SMILES string of the molecule is N#CCNC(=O)C(COC(=O)N1CCC1)C1CCCCC1. The summed E-state index contributed by atoms with van der Waals surface area (Å²) >= 11 is 0. The van der Waals surface area contributed by atoms with Crippen LogP contribution >= 0.6 is 0 Å². The minimum Gasteiger partial charge on any atom is -0.449 e. The summed E-state index contributed by atoms with van der Waals surface area (Å²) < 4.78 is 5.31. The Morgan fingerprint density at radius 2 is 1.95 bits per heavy atom. The summed E-state index contributed by atoms with van der Waals surface area (Å²) in [6.45, 7) is 1.61. The highest BCUT2D eigenvalue weighted by atomic mass is 16.6. The van der Waals surface area contributed by atoms with Gasteiger partial charge in [0.15, 0.2) is 0 Å². The highest BCUT2D eigenvalue weighted by Gasteiger charge is 2.31. The van der Waals surface area contributed by atoms with Crippen molar-refractivity contribution in [2.24, 2.45) is 11.8 Å². The minimum absolute atomic E-state index is 0.00211. The fourth-order valence-electron chi connectivity index (χ4n) is 2.97. The van der Waals surface area contributed by atoms with E-state index < -0.39 is 0 Å². The Morgan fingerprint density at radius 3 is 2.52 bits per heavy atom. The van der Waals surface area contributed by atoms with Gasteiger partial charge in [-0.05, 0) is 25.2 Å². The van der Waals surface area contributed by atoms with Crippen LogP contribution in [0.4, 0.5) is 4.79 Å². The van der Waals surface area contributed by atoms with Gasteiger partial charge in [-0.15, -0.1) is 0 Å². The predicted octanol–water partition coefficient (Wildman–Crippen LogP) is 1.66. The lowest BCUT2D eigenvalue weighted by Crippen LogP contribution is -2.44. The molecular weight excluding hydrogens is 270 g/mol. The van der Waals surface area contributed by atoms with E-state index in [0.29, 0.717) is 0 Å². The van der Waals surface area contributed by atoms with Crippen LogP contribution in [0.1, 0.15) is 38.5 Å². The van der Waals surface area contributed by atoms with Crippen molar-refractivity contribution in [3.05, 3.63) is 0 Å². The average molecular weight is 293 g/mol. The number of likely N-dealkylation sites (tertiary alicyclic amines) is 1. The molecule has 0 aromatic carbocycles. The van der Waals surface area contributed by atoms with Crippen LogP contribution in [-0.4, -0.2) is 43.1 Å². The zero-order valence-corrected chi connectivity index (χ0v) is 12.3. The molecule has 1 aliphatic carbocycles. The zero-order valence-electron chi connectivity index (χ0n) is 12.3. The quantitative estimate of drug-likeness (QED) is 0.782. The van der Waals surface area contributed by atoms with Gasteiger partial charge in [0, 0.05) is 13.1 Å². The highest BCUT2D eigenvalue weighted by Crippen LogP contribution is 2.30. The lowest BCUT2D eigenvalue weighted by atomic mass is 9.80. The zero-order chi connectivity index (χ0) is 15.1. The first kappa shape index (κ1) is 15.6. The molecule has 2 rings (SSSR count). The van der Waals surface area contributed by atoms with Gasteiger partial charge in [-0.3, -0.25) is 4.79 Å². The van der Waals surface area contributed by atoms with Crippen LogP contribution in [0.25, 0.3) is 0 Å². The van der Waals surface area contributed by atoms with Crippen molar-refractivity contribution in [3.63, 3.8) is 0 Å². The molecule has 0 aromatic heterocycles. The van der Waals surface area contributed by atoms with E-state index in [1.807, 2.05) is 6.07 Å². The molecule has 1 N–H and O–H groups in total. The molecule has 2 fully saturated rings. The number of nitrogens with one attached hydrogen (secondary N) is 1. The van der Waals surface area contributed by atoms with Gasteiger partial charge in [0.1, 0.15) is 13.2 Å². The minimum atomic E-state index is -0.330. The average Bonchev–Trinajstić information content (AvgIpc) is 2.44. The molecule has 6 heteroatoms. The van der Waals surface area contributed by atoms with E-state index in [9.17, 15) is 9.59 Å². The number of hydrogen-bond donors (Lipinski definition) is 1. The maximum absolute atomic E-state index is 12.2. The van der Waals surface area contributed by atoms with E-state index in [4.69, 9.17) is 10.00 Å². The van der Waals surface area contributed by atoms with Crippen molar-refractivity contribution < 1.29 is 14.3 Å². The van der Waals surface area contributed by atoms with Gasteiger partial charge >= 0.3 is 6.09 Å². The molecule has 0 spiro atoms. The van der Waals surface area contributed by atoms with Crippen molar-refractivity contribution in [2.45, 2.75) is 38.5 Å². The molecule has 1 saturated heterocycles. The number of amides is 2. The van der Waals surface area contributed by atoms with Crippen molar-refractivity contribution in [3.8, 4) is 6.07 Å². The normalized spacial score (nSPS) is 20.0. The molecule has 21 heavy (non-hydrogen) atoms. The van der Waals surface area contributed by atoms with Crippen molar-refractivity contribution in [1.82, 2.24) is 10.2 Å². The molecule has 116 valence electrons. The number of rotatable bonds is 5. The lowest BCUT2D eigenvalue weighted by molar-refractivity contribution is -0.128. The van der Waals surface area contributed by atoms with E-state index in [0.717, 1.165) is 45.2 Å². The van der Waals surface area contributed by atoms with Crippen LogP contribution in [0.5, 0.6) is 0 Å². The van der Waals surface area contributed by atoms with Crippen LogP contribution in [-0.2, 0) is 9.53 Å². The Labute approximate surface area is 125 Å². The summed E-state index contributed by atoms with van der Waals surface area (Å²) in [4.78, 5) is 25.6. The third-order valence-electron chi connectivity index (χ3n) is 4.40. The molecule has 6 nitrogen and oxygen atoms in total. The van der Waals surface area contributed by atoms with E-state index in [2.05, 4.69) is 5.32 Å². The monoisotopic (exact) mass is 293 g/mol. The summed E-state index contributed by atoms with van der Waals surface area (Å²) in [6.07, 6.45) is 6.12. The van der Waals surface area contributed by atoms with Gasteiger partial charge < -0.3 is 15.0 Å². The second-order valence-corrected chi connectivity index (χ2v) is 5.80. The lowest BCUT2D eigenvalue weighted by Gasteiger charge is -2.32. The van der Waals surface area contributed by atoms with E-state index >= 15 is 0 Å². The van der Waals surface area contributed by atoms with E-state index in [1.54, 1.807) is 4.90 Å². The fraction of sp³-hybridized carbons (Fsp3) is 0.800. The topological polar surface area (TPSA) is 82.4 Å². The smallest absolute Gasteiger partial charge is 0.409 e. The van der Waals surface area contributed by atoms with Crippen LogP contribution in [0.15, 0.2) is 0 Å². The van der Waals surface area contributed by atoms with Crippen molar-refractivity contribution in [2.75, 3.05) is 26.2 Å². The molecule has 1 unspecified atom stereocenters. The second kappa shape index (κ2) is 7.87. The number of carbonyl (C=O) groups is 2. The van der Waals surface area contributed by atoms with Gasteiger partial charge in [0.25, 0.3) is 0 Å². The molecule has 1 saturated carbocycles. The predicted molar refractivity (Wildman–Crippen MR) is 76.2 cm³/mol.